The SMILES string of the molecule is O=C1c2ccc3c4c(ccc(c24)C(=O)N1c1ccc(C2CCCC2)cc1Sc1ccccc1)C(=O)N(c1ccc(C2CCCC2)cc1Sc1ccccc1)C3=O. The number of amides is 4. The minimum atomic E-state index is -0.471. The van der Waals surface area contributed by atoms with E-state index in [1.165, 1.54) is 46.6 Å². The third-order valence-corrected chi connectivity index (χ3v) is 14.0. The standard InChI is InChI=1S/C48H38N2O4S2/c51-45-35-21-23-37-44-38(48(54)50(47(37)53)40-26-20-32(30-13-9-10-14-30)28-42(40)56-34-17-5-2-6-18-34)24-22-36(43(35)44)46(52)49(45)39-25-19-31(29-11-7-8-12-29)27-41(39)55-33-15-3-1-4-16-33/h1-6,15-30H,7-14H2. The van der Waals surface area contributed by atoms with Crippen LogP contribution < -0.4 is 9.80 Å². The molecule has 10 rings (SSSR count). The number of rotatable bonds is 8. The summed E-state index contributed by atoms with van der Waals surface area (Å²) in [6, 6.07) is 38.8. The summed E-state index contributed by atoms with van der Waals surface area (Å²) >= 11 is 3.08. The molecule has 8 heteroatoms. The van der Waals surface area contributed by atoms with E-state index in [1.807, 2.05) is 72.8 Å². The first-order valence-electron chi connectivity index (χ1n) is 19.6. The minimum absolute atomic E-state index is 0.297. The molecule has 0 radical (unpaired) electrons. The first kappa shape index (κ1) is 35.0. The Labute approximate surface area is 334 Å². The van der Waals surface area contributed by atoms with E-state index in [1.54, 1.807) is 47.8 Å². The normalized spacial score (nSPS) is 17.1. The van der Waals surface area contributed by atoms with Gasteiger partial charge in [-0.25, -0.2) is 9.80 Å². The van der Waals surface area contributed by atoms with Crippen molar-refractivity contribution in [3.8, 4) is 0 Å². The molecule has 0 spiro atoms. The maximum Gasteiger partial charge on any atom is 0.266 e. The maximum atomic E-state index is 14.6. The minimum Gasteiger partial charge on any atom is -0.268 e. The Morgan fingerprint density at radius 1 is 0.411 bits per heavy atom. The van der Waals surface area contributed by atoms with Gasteiger partial charge in [0.2, 0.25) is 0 Å². The Morgan fingerprint density at radius 2 is 0.750 bits per heavy atom. The van der Waals surface area contributed by atoms with Crippen LogP contribution in [0.4, 0.5) is 11.4 Å². The van der Waals surface area contributed by atoms with E-state index in [0.29, 0.717) is 56.2 Å². The number of hydrogen-bond donors (Lipinski definition) is 0. The summed E-state index contributed by atoms with van der Waals surface area (Å²) in [5, 5.41) is 0.728. The van der Waals surface area contributed by atoms with Crippen molar-refractivity contribution in [3.05, 3.63) is 155 Å². The zero-order valence-corrected chi connectivity index (χ0v) is 32.3. The van der Waals surface area contributed by atoms with Crippen molar-refractivity contribution >= 4 is 69.3 Å². The number of imide groups is 2. The number of benzene rings is 6. The van der Waals surface area contributed by atoms with Gasteiger partial charge in [-0.1, -0.05) is 97.7 Å². The molecule has 56 heavy (non-hydrogen) atoms. The highest BCUT2D eigenvalue weighted by Crippen LogP contribution is 2.47. The zero-order chi connectivity index (χ0) is 37.9. The molecule has 0 saturated heterocycles. The third kappa shape index (κ3) is 5.89. The number of anilines is 2. The van der Waals surface area contributed by atoms with Crippen LogP contribution in [0.5, 0.6) is 0 Å². The van der Waals surface area contributed by atoms with Crippen molar-refractivity contribution in [3.63, 3.8) is 0 Å². The molecule has 0 atom stereocenters. The van der Waals surface area contributed by atoms with E-state index in [9.17, 15) is 19.2 Å². The molecule has 2 fully saturated rings. The van der Waals surface area contributed by atoms with Gasteiger partial charge in [-0.3, -0.25) is 19.2 Å². The fraction of sp³-hybridized carbons (Fsp3) is 0.208. The molecule has 0 N–H and O–H groups in total. The first-order valence-corrected chi connectivity index (χ1v) is 21.2. The van der Waals surface area contributed by atoms with Gasteiger partial charge >= 0.3 is 0 Å². The van der Waals surface area contributed by atoms with E-state index in [-0.39, 0.29) is 0 Å². The molecular weight excluding hydrogens is 733 g/mol. The summed E-state index contributed by atoms with van der Waals surface area (Å²) in [7, 11) is 0. The summed E-state index contributed by atoms with van der Waals surface area (Å²) in [5.41, 5.74) is 4.69. The predicted octanol–water partition coefficient (Wildman–Crippen LogP) is 12.1. The predicted molar refractivity (Wildman–Crippen MR) is 223 cm³/mol. The largest absolute Gasteiger partial charge is 0.268 e. The topological polar surface area (TPSA) is 74.8 Å². The Morgan fingerprint density at radius 3 is 1.09 bits per heavy atom. The lowest BCUT2D eigenvalue weighted by molar-refractivity contribution is 0.0872. The Bertz CT molecular complexity index is 2340. The second kappa shape index (κ2) is 14.3. The Kier molecular flexibility index (Phi) is 8.91. The van der Waals surface area contributed by atoms with Gasteiger partial charge in [0, 0.05) is 52.6 Å². The average molecular weight is 771 g/mol. The van der Waals surface area contributed by atoms with Crippen molar-refractivity contribution in [1.82, 2.24) is 0 Å². The lowest BCUT2D eigenvalue weighted by Crippen LogP contribution is -2.43. The number of hydrogen-bond acceptors (Lipinski definition) is 6. The van der Waals surface area contributed by atoms with E-state index in [2.05, 4.69) is 24.3 Å². The number of carbonyl (C=O) groups is 4. The van der Waals surface area contributed by atoms with Crippen LogP contribution in [-0.2, 0) is 0 Å². The van der Waals surface area contributed by atoms with Crippen LogP contribution in [0.1, 0.15) is 116 Å². The monoisotopic (exact) mass is 770 g/mol. The van der Waals surface area contributed by atoms with Crippen molar-refractivity contribution in [2.45, 2.75) is 82.8 Å². The fourth-order valence-corrected chi connectivity index (χ4v) is 11.2. The Balaban J connectivity index is 1.05. The second-order valence-corrected chi connectivity index (χ2v) is 17.4. The molecule has 2 heterocycles. The first-order chi connectivity index (χ1) is 27.4. The van der Waals surface area contributed by atoms with E-state index in [4.69, 9.17) is 0 Å². The highest BCUT2D eigenvalue weighted by Gasteiger charge is 2.42. The van der Waals surface area contributed by atoms with Gasteiger partial charge in [0.05, 0.1) is 11.4 Å². The highest BCUT2D eigenvalue weighted by atomic mass is 32.2. The van der Waals surface area contributed by atoms with Crippen LogP contribution in [0, 0.1) is 0 Å². The molecule has 6 aromatic carbocycles. The molecule has 6 aromatic rings. The molecular formula is C48H38N2O4S2. The van der Waals surface area contributed by atoms with E-state index < -0.39 is 23.6 Å². The third-order valence-electron chi connectivity index (χ3n) is 11.9. The van der Waals surface area contributed by atoms with Gasteiger partial charge in [-0.15, -0.1) is 0 Å². The molecule has 0 unspecified atom stereocenters. The summed E-state index contributed by atoms with van der Waals surface area (Å²) in [5.74, 6) is -0.974. The van der Waals surface area contributed by atoms with Gasteiger partial charge in [0.25, 0.3) is 23.6 Å². The van der Waals surface area contributed by atoms with Crippen LogP contribution in [0.15, 0.2) is 141 Å². The highest BCUT2D eigenvalue weighted by molar-refractivity contribution is 7.99. The van der Waals surface area contributed by atoms with E-state index in [0.717, 1.165) is 45.3 Å². The fourth-order valence-electron chi connectivity index (χ4n) is 9.16. The molecule has 4 amide bonds. The maximum absolute atomic E-state index is 14.6. The van der Waals surface area contributed by atoms with Crippen LogP contribution in [0.3, 0.4) is 0 Å². The van der Waals surface area contributed by atoms with Gasteiger partial charge in [-0.2, -0.15) is 0 Å². The quantitative estimate of drug-likeness (QED) is 0.144. The lowest BCUT2D eigenvalue weighted by atomic mass is 9.85. The van der Waals surface area contributed by atoms with Crippen molar-refractivity contribution in [1.29, 1.82) is 0 Å². The van der Waals surface area contributed by atoms with Crippen molar-refractivity contribution in [2.75, 3.05) is 9.80 Å². The van der Waals surface area contributed by atoms with Crippen LogP contribution in [0.2, 0.25) is 0 Å². The van der Waals surface area contributed by atoms with Crippen LogP contribution in [-0.4, -0.2) is 23.6 Å². The molecule has 0 bridgehead atoms. The molecule has 276 valence electrons. The van der Waals surface area contributed by atoms with E-state index >= 15 is 0 Å². The zero-order valence-electron chi connectivity index (χ0n) is 30.7. The Hall–Kier alpha value is -5.44. The van der Waals surface area contributed by atoms with Crippen LogP contribution >= 0.6 is 23.5 Å². The van der Waals surface area contributed by atoms with Crippen molar-refractivity contribution in [2.24, 2.45) is 0 Å². The van der Waals surface area contributed by atoms with Gasteiger partial charge in [0.15, 0.2) is 0 Å². The molecule has 6 nitrogen and oxygen atoms in total. The van der Waals surface area contributed by atoms with Crippen molar-refractivity contribution < 1.29 is 19.2 Å². The summed E-state index contributed by atoms with van der Waals surface area (Å²) < 4.78 is 0. The summed E-state index contributed by atoms with van der Waals surface area (Å²) in [4.78, 5) is 64.7. The van der Waals surface area contributed by atoms with Gasteiger partial charge < -0.3 is 0 Å². The summed E-state index contributed by atoms with van der Waals surface area (Å²) in [6.07, 6.45) is 9.31. The molecule has 4 aliphatic rings. The molecule has 2 saturated carbocycles. The van der Waals surface area contributed by atoms with Crippen LogP contribution in [0.25, 0.3) is 10.8 Å². The van der Waals surface area contributed by atoms with Gasteiger partial charge in [-0.05, 0) is 121 Å². The second-order valence-electron chi connectivity index (χ2n) is 15.2. The lowest BCUT2D eigenvalue weighted by Gasteiger charge is -2.33. The van der Waals surface area contributed by atoms with Gasteiger partial charge in [0.1, 0.15) is 0 Å². The average Bonchev–Trinajstić information content (AvgIpc) is 3.97. The smallest absolute Gasteiger partial charge is 0.266 e. The number of carbonyl (C=O) groups excluding carboxylic acids is 4. The molecule has 2 aliphatic heterocycles. The molecule has 0 aromatic heterocycles. The summed E-state index contributed by atoms with van der Waals surface area (Å²) in [6.45, 7) is 0. The molecule has 2 aliphatic carbocycles. The number of nitrogens with zero attached hydrogens (tertiary/aromatic N) is 2.